The maximum atomic E-state index is 11.6. The third-order valence-electron chi connectivity index (χ3n) is 2.21. The molecule has 0 aromatic carbocycles. The number of nitrogens with one attached hydrogen (secondary N) is 2. The Hall–Kier alpha value is -1.85. The van der Waals surface area contributed by atoms with Crippen molar-refractivity contribution >= 4 is 11.0 Å². The number of H-pyrrole nitrogens is 2. The van der Waals surface area contributed by atoms with E-state index < -0.39 is 0 Å². The van der Waals surface area contributed by atoms with E-state index in [1.54, 1.807) is 4.57 Å². The van der Waals surface area contributed by atoms with Gasteiger partial charge in [0, 0.05) is 5.54 Å². The first kappa shape index (κ1) is 9.70. The summed E-state index contributed by atoms with van der Waals surface area (Å²) >= 11 is 0. The van der Waals surface area contributed by atoms with Crippen molar-refractivity contribution in [2.45, 2.75) is 26.3 Å². The van der Waals surface area contributed by atoms with Crippen LogP contribution in [0.25, 0.3) is 11.0 Å². The Bertz CT molecular complexity index is 611. The summed E-state index contributed by atoms with van der Waals surface area (Å²) in [5.41, 5.74) is -0.514. The van der Waals surface area contributed by atoms with E-state index in [0.717, 1.165) is 0 Å². The fourth-order valence-corrected chi connectivity index (χ4v) is 1.47. The quantitative estimate of drug-likeness (QED) is 0.647. The van der Waals surface area contributed by atoms with E-state index in [1.807, 2.05) is 20.8 Å². The second kappa shape index (κ2) is 2.82. The van der Waals surface area contributed by atoms with Crippen molar-refractivity contribution in [3.05, 3.63) is 27.0 Å². The minimum atomic E-state index is -0.382. The minimum Gasteiger partial charge on any atom is -0.320 e. The van der Waals surface area contributed by atoms with Gasteiger partial charge in [-0.05, 0) is 20.8 Å². The highest BCUT2D eigenvalue weighted by atomic mass is 16.1. The normalized spacial score (nSPS) is 12.2. The van der Waals surface area contributed by atoms with Gasteiger partial charge in [0.15, 0.2) is 5.52 Å². The van der Waals surface area contributed by atoms with Gasteiger partial charge in [-0.15, -0.1) is 0 Å². The van der Waals surface area contributed by atoms with Gasteiger partial charge in [-0.3, -0.25) is 19.8 Å². The van der Waals surface area contributed by atoms with Gasteiger partial charge in [-0.25, -0.2) is 4.98 Å². The van der Waals surface area contributed by atoms with Gasteiger partial charge in [0.25, 0.3) is 11.1 Å². The largest absolute Gasteiger partial charge is 0.320 e. The molecule has 15 heavy (non-hydrogen) atoms. The SMILES string of the molecule is CC(C)(C)n1cnc2c(=O)[nH][nH]c(=O)c21. The lowest BCUT2D eigenvalue weighted by atomic mass is 10.1. The van der Waals surface area contributed by atoms with Crippen LogP contribution in [0, 0.1) is 0 Å². The molecule has 6 nitrogen and oxygen atoms in total. The van der Waals surface area contributed by atoms with Crippen LogP contribution >= 0.6 is 0 Å². The van der Waals surface area contributed by atoms with Crippen molar-refractivity contribution in [3.63, 3.8) is 0 Å². The van der Waals surface area contributed by atoms with Crippen molar-refractivity contribution in [1.82, 2.24) is 19.7 Å². The summed E-state index contributed by atoms with van der Waals surface area (Å²) in [4.78, 5) is 26.9. The molecule has 2 heterocycles. The Morgan fingerprint density at radius 3 is 2.40 bits per heavy atom. The summed E-state index contributed by atoms with van der Waals surface area (Å²) in [5, 5.41) is 4.53. The highest BCUT2D eigenvalue weighted by molar-refractivity contribution is 5.72. The fraction of sp³-hybridized carbons (Fsp3) is 0.444. The number of hydrogen-bond donors (Lipinski definition) is 2. The average molecular weight is 208 g/mol. The highest BCUT2D eigenvalue weighted by Crippen LogP contribution is 2.16. The van der Waals surface area contributed by atoms with E-state index >= 15 is 0 Å². The summed E-state index contributed by atoms with van der Waals surface area (Å²) in [6, 6.07) is 0. The van der Waals surface area contributed by atoms with Crippen LogP contribution in [0.2, 0.25) is 0 Å². The van der Waals surface area contributed by atoms with Gasteiger partial charge in [0.2, 0.25) is 0 Å². The second-order valence-corrected chi connectivity index (χ2v) is 4.39. The Morgan fingerprint density at radius 1 is 1.20 bits per heavy atom. The number of fused-ring (bicyclic) bond motifs is 1. The molecule has 0 aliphatic rings. The van der Waals surface area contributed by atoms with Crippen molar-refractivity contribution in [3.8, 4) is 0 Å². The first-order valence-electron chi connectivity index (χ1n) is 4.60. The molecule has 0 saturated carbocycles. The molecule has 0 amide bonds. The molecule has 2 aromatic rings. The molecule has 0 spiro atoms. The standard InChI is InChI=1S/C9H12N4O2/c1-9(2,3)13-4-10-5-6(13)8(15)12-11-7(5)14/h4H,1-3H3,(H,11,14)(H,12,15). The Morgan fingerprint density at radius 2 is 1.80 bits per heavy atom. The molecule has 0 bridgehead atoms. The third kappa shape index (κ3) is 1.38. The lowest BCUT2D eigenvalue weighted by molar-refractivity contribution is 0.407. The number of aromatic nitrogens is 4. The van der Waals surface area contributed by atoms with Gasteiger partial charge < -0.3 is 4.57 Å². The molecule has 80 valence electrons. The molecule has 2 rings (SSSR count). The maximum absolute atomic E-state index is 11.6. The Balaban J connectivity index is 2.98. The summed E-state index contributed by atoms with van der Waals surface area (Å²) in [6.45, 7) is 5.82. The van der Waals surface area contributed by atoms with Gasteiger partial charge in [-0.1, -0.05) is 0 Å². The van der Waals surface area contributed by atoms with Crippen LogP contribution in [0.5, 0.6) is 0 Å². The van der Waals surface area contributed by atoms with Gasteiger partial charge >= 0.3 is 0 Å². The van der Waals surface area contributed by atoms with E-state index in [1.165, 1.54) is 6.33 Å². The van der Waals surface area contributed by atoms with E-state index in [2.05, 4.69) is 15.2 Å². The summed E-state index contributed by atoms with van der Waals surface area (Å²) < 4.78 is 1.69. The van der Waals surface area contributed by atoms with Gasteiger partial charge in [-0.2, -0.15) is 0 Å². The molecule has 2 aromatic heterocycles. The van der Waals surface area contributed by atoms with Crippen LogP contribution in [-0.4, -0.2) is 19.7 Å². The van der Waals surface area contributed by atoms with E-state index in [-0.39, 0.29) is 22.2 Å². The van der Waals surface area contributed by atoms with Crippen molar-refractivity contribution < 1.29 is 0 Å². The monoisotopic (exact) mass is 208 g/mol. The maximum Gasteiger partial charge on any atom is 0.290 e. The summed E-state index contributed by atoms with van der Waals surface area (Å²) in [6.07, 6.45) is 1.51. The molecule has 0 atom stereocenters. The first-order chi connectivity index (χ1) is 6.91. The van der Waals surface area contributed by atoms with Crippen LogP contribution < -0.4 is 11.1 Å². The van der Waals surface area contributed by atoms with Crippen LogP contribution in [0.15, 0.2) is 15.9 Å². The topological polar surface area (TPSA) is 83.5 Å². The molecule has 0 aliphatic heterocycles. The number of rotatable bonds is 0. The number of imidazole rings is 1. The number of hydrogen-bond acceptors (Lipinski definition) is 3. The van der Waals surface area contributed by atoms with E-state index in [9.17, 15) is 9.59 Å². The number of aromatic amines is 2. The van der Waals surface area contributed by atoms with Gasteiger partial charge in [0.05, 0.1) is 6.33 Å². The fourth-order valence-electron chi connectivity index (χ4n) is 1.47. The molecule has 6 heteroatoms. The summed E-state index contributed by atoms with van der Waals surface area (Å²) in [5.74, 6) is 0. The molecule has 0 fully saturated rings. The summed E-state index contributed by atoms with van der Waals surface area (Å²) in [7, 11) is 0. The molecule has 0 radical (unpaired) electrons. The second-order valence-electron chi connectivity index (χ2n) is 4.39. The predicted molar refractivity (Wildman–Crippen MR) is 56.0 cm³/mol. The molecular weight excluding hydrogens is 196 g/mol. The molecule has 0 saturated heterocycles. The zero-order chi connectivity index (χ0) is 11.2. The third-order valence-corrected chi connectivity index (χ3v) is 2.21. The zero-order valence-corrected chi connectivity index (χ0v) is 8.79. The van der Waals surface area contributed by atoms with E-state index in [4.69, 9.17) is 0 Å². The van der Waals surface area contributed by atoms with Crippen molar-refractivity contribution in [2.75, 3.05) is 0 Å². The average Bonchev–Trinajstić information content (AvgIpc) is 2.55. The van der Waals surface area contributed by atoms with Crippen LogP contribution in [0.1, 0.15) is 20.8 Å². The molecule has 0 unspecified atom stereocenters. The zero-order valence-electron chi connectivity index (χ0n) is 8.79. The van der Waals surface area contributed by atoms with Crippen molar-refractivity contribution in [1.29, 1.82) is 0 Å². The lowest BCUT2D eigenvalue weighted by Crippen LogP contribution is -2.27. The smallest absolute Gasteiger partial charge is 0.290 e. The molecule has 2 N–H and O–H groups in total. The van der Waals surface area contributed by atoms with E-state index in [0.29, 0.717) is 5.52 Å². The Kier molecular flexibility index (Phi) is 1.82. The Labute approximate surface area is 84.9 Å². The van der Waals surface area contributed by atoms with Crippen LogP contribution in [-0.2, 0) is 5.54 Å². The molecular formula is C9H12N4O2. The van der Waals surface area contributed by atoms with Crippen LogP contribution in [0.4, 0.5) is 0 Å². The van der Waals surface area contributed by atoms with Gasteiger partial charge in [0.1, 0.15) is 5.52 Å². The van der Waals surface area contributed by atoms with Crippen LogP contribution in [0.3, 0.4) is 0 Å². The predicted octanol–water partition coefficient (Wildman–Crippen LogP) is 0.168. The molecule has 0 aliphatic carbocycles. The highest BCUT2D eigenvalue weighted by Gasteiger charge is 2.19. The number of nitrogens with zero attached hydrogens (tertiary/aromatic N) is 2. The van der Waals surface area contributed by atoms with Crippen molar-refractivity contribution in [2.24, 2.45) is 0 Å². The minimum absolute atomic E-state index is 0.175. The lowest BCUT2D eigenvalue weighted by Gasteiger charge is -2.20. The first-order valence-corrected chi connectivity index (χ1v) is 4.60.